The van der Waals surface area contributed by atoms with Crippen LogP contribution in [0, 0.1) is 5.92 Å². The summed E-state index contributed by atoms with van der Waals surface area (Å²) in [4.78, 5) is 15.2. The van der Waals surface area contributed by atoms with E-state index in [1.54, 1.807) is 12.1 Å². The molecular formula is C27H30N2O3S. The lowest BCUT2D eigenvalue weighted by Gasteiger charge is -2.23. The summed E-state index contributed by atoms with van der Waals surface area (Å²) in [7, 11) is -3.63. The molecule has 0 saturated carbocycles. The molecule has 0 radical (unpaired) electrons. The fourth-order valence-electron chi connectivity index (χ4n) is 4.33. The molecule has 3 aromatic carbocycles. The first-order valence-corrected chi connectivity index (χ1v) is 12.8. The molecule has 6 heteroatoms. The van der Waals surface area contributed by atoms with Crippen molar-refractivity contribution in [3.63, 3.8) is 0 Å². The number of amides is 1. The number of hydrogen-bond acceptors (Lipinski definition) is 3. The average Bonchev–Trinajstić information content (AvgIpc) is 3.12. The molecule has 1 N–H and O–H groups in total. The molecule has 0 spiro atoms. The molecule has 0 bridgehead atoms. The smallest absolute Gasteiger partial charge is 0.258 e. The normalized spacial score (nSPS) is 15.6. The first-order valence-electron chi connectivity index (χ1n) is 11.3. The average molecular weight is 463 g/mol. The van der Waals surface area contributed by atoms with Gasteiger partial charge < -0.3 is 4.90 Å². The predicted octanol–water partition coefficient (Wildman–Crippen LogP) is 4.96. The van der Waals surface area contributed by atoms with Gasteiger partial charge in [0.15, 0.2) is 0 Å². The zero-order valence-electron chi connectivity index (χ0n) is 19.3. The second-order valence-corrected chi connectivity index (χ2v) is 10.9. The Labute approximate surface area is 196 Å². The number of carbonyl (C=O) groups is 1. The van der Waals surface area contributed by atoms with Gasteiger partial charge in [-0.3, -0.25) is 4.79 Å². The van der Waals surface area contributed by atoms with Crippen molar-refractivity contribution in [2.75, 3.05) is 4.90 Å². The lowest BCUT2D eigenvalue weighted by atomic mass is 10.0. The van der Waals surface area contributed by atoms with Crippen molar-refractivity contribution in [3.8, 4) is 0 Å². The summed E-state index contributed by atoms with van der Waals surface area (Å²) in [6.45, 7) is 6.47. The molecule has 5 nitrogen and oxygen atoms in total. The third kappa shape index (κ3) is 5.18. The van der Waals surface area contributed by atoms with Gasteiger partial charge in [0.05, 0.1) is 4.90 Å². The standard InChI is InChI=1S/C27H30N2O3S/c1-19(2)15-21-10-13-25(14-11-21)33(31,32)28-18-22-9-12-24-16-20(3)29(26(24)17-22)27(30)23-7-5-4-6-8-23/h4-14,17,19-20,28H,15-16,18H2,1-3H3/t20-/m0/s1. The molecule has 1 atom stereocenters. The van der Waals surface area contributed by atoms with Crippen LogP contribution in [-0.4, -0.2) is 20.4 Å². The molecule has 0 fully saturated rings. The number of fused-ring (bicyclic) bond motifs is 1. The molecule has 1 heterocycles. The fraction of sp³-hybridized carbons (Fsp3) is 0.296. The lowest BCUT2D eigenvalue weighted by molar-refractivity contribution is 0.0981. The van der Waals surface area contributed by atoms with Gasteiger partial charge >= 0.3 is 0 Å². The number of nitrogens with zero attached hydrogens (tertiary/aromatic N) is 1. The molecule has 3 aromatic rings. The highest BCUT2D eigenvalue weighted by Crippen LogP contribution is 2.34. The van der Waals surface area contributed by atoms with Crippen LogP contribution in [0.4, 0.5) is 5.69 Å². The van der Waals surface area contributed by atoms with E-state index in [-0.39, 0.29) is 23.4 Å². The van der Waals surface area contributed by atoms with Crippen molar-refractivity contribution in [2.24, 2.45) is 5.92 Å². The molecule has 4 rings (SSSR count). The van der Waals surface area contributed by atoms with Crippen LogP contribution in [0.15, 0.2) is 77.7 Å². The summed E-state index contributed by atoms with van der Waals surface area (Å²) in [5.74, 6) is 0.475. The van der Waals surface area contributed by atoms with Crippen molar-refractivity contribution in [3.05, 3.63) is 95.1 Å². The van der Waals surface area contributed by atoms with Gasteiger partial charge in [-0.05, 0) is 72.7 Å². The van der Waals surface area contributed by atoms with Gasteiger partial charge in [-0.15, -0.1) is 0 Å². The van der Waals surface area contributed by atoms with Gasteiger partial charge in [-0.25, -0.2) is 13.1 Å². The Balaban J connectivity index is 1.50. The van der Waals surface area contributed by atoms with Crippen molar-refractivity contribution in [2.45, 2.75) is 51.1 Å². The maximum absolute atomic E-state index is 13.1. The minimum Gasteiger partial charge on any atom is -0.305 e. The van der Waals surface area contributed by atoms with E-state index in [1.165, 1.54) is 0 Å². The van der Waals surface area contributed by atoms with Gasteiger partial charge in [-0.2, -0.15) is 0 Å². The van der Waals surface area contributed by atoms with Crippen LogP contribution in [-0.2, 0) is 29.4 Å². The van der Waals surface area contributed by atoms with Crippen LogP contribution in [0.2, 0.25) is 0 Å². The molecule has 0 saturated heterocycles. The fourth-order valence-corrected chi connectivity index (χ4v) is 5.35. The molecule has 0 aromatic heterocycles. The molecule has 1 aliphatic heterocycles. The summed E-state index contributed by atoms with van der Waals surface area (Å²) in [6.07, 6.45) is 1.70. The van der Waals surface area contributed by atoms with Crippen LogP contribution in [0.1, 0.15) is 47.8 Å². The zero-order chi connectivity index (χ0) is 23.6. The Morgan fingerprint density at radius 1 is 1.00 bits per heavy atom. The number of benzene rings is 3. The maximum Gasteiger partial charge on any atom is 0.258 e. The predicted molar refractivity (Wildman–Crippen MR) is 132 cm³/mol. The number of hydrogen-bond donors (Lipinski definition) is 1. The number of rotatable bonds is 7. The molecule has 1 amide bonds. The van der Waals surface area contributed by atoms with Crippen molar-refractivity contribution in [1.82, 2.24) is 4.72 Å². The van der Waals surface area contributed by atoms with Gasteiger partial charge in [0, 0.05) is 23.8 Å². The Morgan fingerprint density at radius 3 is 2.33 bits per heavy atom. The van der Waals surface area contributed by atoms with Crippen molar-refractivity contribution >= 4 is 21.6 Å². The number of carbonyl (C=O) groups excluding carboxylic acids is 1. The van der Waals surface area contributed by atoms with Gasteiger partial charge in [0.2, 0.25) is 10.0 Å². The minimum absolute atomic E-state index is 0.0407. The third-order valence-corrected chi connectivity index (χ3v) is 7.37. The number of sulfonamides is 1. The molecule has 1 aliphatic rings. The van der Waals surface area contributed by atoms with E-state index in [0.717, 1.165) is 35.2 Å². The highest BCUT2D eigenvalue weighted by Gasteiger charge is 2.31. The quantitative estimate of drug-likeness (QED) is 0.540. The van der Waals surface area contributed by atoms with E-state index < -0.39 is 10.0 Å². The van der Waals surface area contributed by atoms with Crippen molar-refractivity contribution in [1.29, 1.82) is 0 Å². The van der Waals surface area contributed by atoms with Crippen LogP contribution in [0.5, 0.6) is 0 Å². The summed E-state index contributed by atoms with van der Waals surface area (Å²) in [5.41, 5.74) is 4.53. The van der Waals surface area contributed by atoms with Crippen LogP contribution in [0.25, 0.3) is 0 Å². The highest BCUT2D eigenvalue weighted by molar-refractivity contribution is 7.89. The highest BCUT2D eigenvalue weighted by atomic mass is 32.2. The Hall–Kier alpha value is -2.96. The minimum atomic E-state index is -3.63. The van der Waals surface area contributed by atoms with E-state index in [9.17, 15) is 13.2 Å². The van der Waals surface area contributed by atoms with Crippen LogP contribution in [0.3, 0.4) is 0 Å². The molecule has 0 aliphatic carbocycles. The molecular weight excluding hydrogens is 432 g/mol. The summed E-state index contributed by atoms with van der Waals surface area (Å²) >= 11 is 0. The van der Waals surface area contributed by atoms with Crippen molar-refractivity contribution < 1.29 is 13.2 Å². The summed E-state index contributed by atoms with van der Waals surface area (Å²) < 4.78 is 28.3. The van der Waals surface area contributed by atoms with Gasteiger partial charge in [0.1, 0.15) is 0 Å². The summed E-state index contributed by atoms with van der Waals surface area (Å²) in [6, 6.07) is 22.2. The van der Waals surface area contributed by atoms with E-state index in [1.807, 2.05) is 72.5 Å². The lowest BCUT2D eigenvalue weighted by Crippen LogP contribution is -2.35. The van der Waals surface area contributed by atoms with E-state index in [4.69, 9.17) is 0 Å². The van der Waals surface area contributed by atoms with E-state index in [0.29, 0.717) is 11.5 Å². The van der Waals surface area contributed by atoms with Crippen LogP contribution >= 0.6 is 0 Å². The Kier molecular flexibility index (Phi) is 6.68. The number of nitrogens with one attached hydrogen (secondary N) is 1. The molecule has 172 valence electrons. The topological polar surface area (TPSA) is 66.5 Å². The van der Waals surface area contributed by atoms with Gasteiger partial charge in [0.25, 0.3) is 5.91 Å². The van der Waals surface area contributed by atoms with E-state index >= 15 is 0 Å². The SMILES string of the molecule is CC(C)Cc1ccc(S(=O)(=O)NCc2ccc3c(c2)N(C(=O)c2ccccc2)[C@@H](C)C3)cc1. The summed E-state index contributed by atoms with van der Waals surface area (Å²) in [5, 5.41) is 0. The third-order valence-electron chi connectivity index (χ3n) is 5.95. The second kappa shape index (κ2) is 9.49. The number of anilines is 1. The Morgan fingerprint density at radius 2 is 1.67 bits per heavy atom. The van der Waals surface area contributed by atoms with Gasteiger partial charge in [-0.1, -0.05) is 56.3 Å². The van der Waals surface area contributed by atoms with Crippen LogP contribution < -0.4 is 9.62 Å². The largest absolute Gasteiger partial charge is 0.305 e. The Bertz CT molecular complexity index is 1240. The monoisotopic (exact) mass is 462 g/mol. The molecule has 33 heavy (non-hydrogen) atoms. The molecule has 0 unspecified atom stereocenters. The van der Waals surface area contributed by atoms with E-state index in [2.05, 4.69) is 18.6 Å². The maximum atomic E-state index is 13.1. The zero-order valence-corrected chi connectivity index (χ0v) is 20.1. The second-order valence-electron chi connectivity index (χ2n) is 9.12. The first-order chi connectivity index (χ1) is 15.7. The first kappa shape index (κ1) is 23.2.